The average molecular weight is 964 g/mol. The van der Waals surface area contributed by atoms with E-state index in [1.807, 2.05) is 4.90 Å². The summed E-state index contributed by atoms with van der Waals surface area (Å²) in [4.78, 5) is 43.9. The minimum atomic E-state index is -1.41. The van der Waals surface area contributed by atoms with Gasteiger partial charge in [-0.25, -0.2) is 4.39 Å². The molecule has 1 aliphatic rings. The number of carbonyl (C=O) groups excluding carboxylic acids is 3. The molecule has 8 heteroatoms. The number of nitrogens with zero attached hydrogens (tertiary/aromatic N) is 2. The first-order valence-corrected chi connectivity index (χ1v) is 30.3. The number of esters is 2. The Hall–Kier alpha value is -1.70. The Bertz CT molecular complexity index is 1080. The van der Waals surface area contributed by atoms with Gasteiger partial charge in [-0.1, -0.05) is 208 Å². The van der Waals surface area contributed by atoms with E-state index in [1.54, 1.807) is 0 Å². The first-order chi connectivity index (χ1) is 33.3. The summed E-state index contributed by atoms with van der Waals surface area (Å²) in [6.45, 7) is 16.4. The number of unbranched alkanes of at least 4 members (excludes halogenated alkanes) is 23. The summed E-state index contributed by atoms with van der Waals surface area (Å²) < 4.78 is 27.4. The minimum absolute atomic E-state index is 0.0326. The van der Waals surface area contributed by atoms with Crippen LogP contribution < -0.4 is 0 Å². The molecule has 1 fully saturated rings. The number of likely N-dealkylation sites (tertiary alicyclic amines) is 1. The molecule has 0 saturated carbocycles. The van der Waals surface area contributed by atoms with E-state index in [4.69, 9.17) is 9.47 Å². The highest BCUT2D eigenvalue weighted by atomic mass is 19.1. The third kappa shape index (κ3) is 37.1. The van der Waals surface area contributed by atoms with Crippen LogP contribution >= 0.6 is 0 Å². The van der Waals surface area contributed by atoms with Crippen molar-refractivity contribution in [1.82, 2.24) is 9.80 Å². The molecule has 0 aromatic carbocycles. The molecule has 0 aromatic heterocycles. The number of alkyl halides is 1. The monoisotopic (exact) mass is 963 g/mol. The highest BCUT2D eigenvalue weighted by Crippen LogP contribution is 2.24. The van der Waals surface area contributed by atoms with Gasteiger partial charge in [0, 0.05) is 25.4 Å². The Morgan fingerprint density at radius 2 is 0.809 bits per heavy atom. The first kappa shape index (κ1) is 64.3. The molecule has 1 saturated heterocycles. The first-order valence-electron chi connectivity index (χ1n) is 30.3. The van der Waals surface area contributed by atoms with E-state index in [0.717, 1.165) is 148 Å². The number of carbonyl (C=O) groups is 3. The second kappa shape index (κ2) is 47.6. The van der Waals surface area contributed by atoms with Gasteiger partial charge in [0.1, 0.15) is 0 Å². The lowest BCUT2D eigenvalue weighted by molar-refractivity contribution is -0.146. The zero-order valence-electron chi connectivity index (χ0n) is 46.1. The summed E-state index contributed by atoms with van der Waals surface area (Å²) in [5.74, 6) is 0.684. The fourth-order valence-corrected chi connectivity index (χ4v) is 10.4. The normalized spacial score (nSPS) is 14.8. The summed E-state index contributed by atoms with van der Waals surface area (Å²) >= 11 is 0. The van der Waals surface area contributed by atoms with Crippen LogP contribution in [0.3, 0.4) is 0 Å². The van der Waals surface area contributed by atoms with Crippen molar-refractivity contribution >= 4 is 17.8 Å². The van der Waals surface area contributed by atoms with Gasteiger partial charge in [0.2, 0.25) is 0 Å². The summed E-state index contributed by atoms with van der Waals surface area (Å²) in [5, 5.41) is 0. The van der Waals surface area contributed by atoms with Gasteiger partial charge in [-0.3, -0.25) is 14.4 Å². The van der Waals surface area contributed by atoms with E-state index < -0.39 is 6.17 Å². The Balaban J connectivity index is 2.70. The van der Waals surface area contributed by atoms with Crippen molar-refractivity contribution in [1.29, 1.82) is 0 Å². The molecule has 1 heterocycles. The van der Waals surface area contributed by atoms with E-state index in [2.05, 4.69) is 39.5 Å². The van der Waals surface area contributed by atoms with Gasteiger partial charge >= 0.3 is 11.9 Å². The van der Waals surface area contributed by atoms with Crippen molar-refractivity contribution in [3.63, 3.8) is 0 Å². The predicted octanol–water partition coefficient (Wildman–Crippen LogP) is 17.6. The molecule has 3 atom stereocenters. The fourth-order valence-electron chi connectivity index (χ4n) is 10.4. The van der Waals surface area contributed by atoms with Crippen LogP contribution in [0.15, 0.2) is 0 Å². The molecule has 0 bridgehead atoms. The van der Waals surface area contributed by atoms with Crippen LogP contribution in [0.1, 0.15) is 304 Å². The van der Waals surface area contributed by atoms with E-state index in [1.165, 1.54) is 122 Å². The number of ether oxygens (including phenoxy) is 2. The number of halogens is 1. The second-order valence-electron chi connectivity index (χ2n) is 21.5. The van der Waals surface area contributed by atoms with Crippen LogP contribution in [0.5, 0.6) is 0 Å². The van der Waals surface area contributed by atoms with Crippen LogP contribution in [0.2, 0.25) is 0 Å². The predicted molar refractivity (Wildman–Crippen MR) is 288 cm³/mol. The maximum absolute atomic E-state index is 15.9. The van der Waals surface area contributed by atoms with Crippen molar-refractivity contribution in [2.75, 3.05) is 39.4 Å². The Morgan fingerprint density at radius 3 is 1.26 bits per heavy atom. The van der Waals surface area contributed by atoms with Gasteiger partial charge in [0.15, 0.2) is 6.17 Å². The topological polar surface area (TPSA) is 76.2 Å². The quantitative estimate of drug-likeness (QED) is 0.0447. The van der Waals surface area contributed by atoms with Gasteiger partial charge < -0.3 is 19.3 Å². The Kier molecular flexibility index (Phi) is 45.0. The molecule has 0 aromatic rings. The SMILES string of the molecule is CCCCCCCC(F)C(=O)N(CCCCN1CCCC1)C(CCCCCCCCC(=O)OCC(CCCC)CCCCCC)CCCCCCCCC(=O)OCC(CCCC)CCCCCC. The van der Waals surface area contributed by atoms with Crippen molar-refractivity contribution in [2.24, 2.45) is 11.8 Å². The fraction of sp³-hybridized carbons (Fsp3) is 0.950. The molecule has 68 heavy (non-hydrogen) atoms. The van der Waals surface area contributed by atoms with Gasteiger partial charge in [-0.2, -0.15) is 0 Å². The van der Waals surface area contributed by atoms with E-state index >= 15 is 4.39 Å². The third-order valence-electron chi connectivity index (χ3n) is 15.0. The Morgan fingerprint density at radius 1 is 0.441 bits per heavy atom. The maximum Gasteiger partial charge on any atom is 0.305 e. The average Bonchev–Trinajstić information content (AvgIpc) is 3.87. The molecule has 7 nitrogen and oxygen atoms in total. The summed E-state index contributed by atoms with van der Waals surface area (Å²) in [7, 11) is 0. The van der Waals surface area contributed by atoms with Crippen LogP contribution in [-0.4, -0.2) is 79.3 Å². The molecule has 0 aliphatic carbocycles. The molecule has 402 valence electrons. The smallest absolute Gasteiger partial charge is 0.305 e. The molecule has 3 unspecified atom stereocenters. The minimum Gasteiger partial charge on any atom is -0.465 e. The molecule has 1 aliphatic heterocycles. The standard InChI is InChI=1S/C60H115FN2O5/c1-6-11-16-23-32-45-57(61)60(66)63(51-38-37-50-62-48-35-36-49-62)56(43-30-24-19-21-26-33-46-58(64)67-52-54(39-14-9-4)41-28-17-12-7-2)44-31-25-20-22-27-34-47-59(65)68-53-55(40-15-10-5)42-29-18-13-8-3/h54-57H,6-53H2,1-5H3. The zero-order valence-corrected chi connectivity index (χ0v) is 46.1. The molecular weight excluding hydrogens is 848 g/mol. The molecule has 0 N–H and O–H groups in total. The van der Waals surface area contributed by atoms with Crippen molar-refractivity contribution < 1.29 is 28.2 Å². The second-order valence-corrected chi connectivity index (χ2v) is 21.5. The largest absolute Gasteiger partial charge is 0.465 e. The highest BCUT2D eigenvalue weighted by molar-refractivity contribution is 5.81. The van der Waals surface area contributed by atoms with Crippen LogP contribution in [0.4, 0.5) is 4.39 Å². The summed E-state index contributed by atoms with van der Waals surface area (Å²) in [5.41, 5.74) is 0. The number of hydrogen-bond acceptors (Lipinski definition) is 6. The highest BCUT2D eigenvalue weighted by Gasteiger charge is 2.29. The van der Waals surface area contributed by atoms with Crippen molar-refractivity contribution in [2.45, 2.75) is 317 Å². The van der Waals surface area contributed by atoms with Crippen LogP contribution in [0, 0.1) is 11.8 Å². The van der Waals surface area contributed by atoms with Crippen LogP contribution in [-0.2, 0) is 23.9 Å². The van der Waals surface area contributed by atoms with Gasteiger partial charge in [0.25, 0.3) is 5.91 Å². The van der Waals surface area contributed by atoms with E-state index in [9.17, 15) is 14.4 Å². The third-order valence-corrected chi connectivity index (χ3v) is 15.0. The van der Waals surface area contributed by atoms with Gasteiger partial charge in [0.05, 0.1) is 13.2 Å². The summed E-state index contributed by atoms with van der Waals surface area (Å²) in [6, 6.07) is 0.0813. The van der Waals surface area contributed by atoms with Gasteiger partial charge in [-0.05, 0) is 115 Å². The molecule has 0 radical (unpaired) electrons. The molecule has 0 spiro atoms. The van der Waals surface area contributed by atoms with E-state index in [-0.39, 0.29) is 23.9 Å². The molecular formula is C60H115FN2O5. The number of hydrogen-bond donors (Lipinski definition) is 0. The van der Waals surface area contributed by atoms with Crippen LogP contribution in [0.25, 0.3) is 0 Å². The van der Waals surface area contributed by atoms with Crippen molar-refractivity contribution in [3.8, 4) is 0 Å². The zero-order chi connectivity index (χ0) is 49.6. The summed E-state index contributed by atoms with van der Waals surface area (Å²) in [6.07, 6.45) is 43.8. The van der Waals surface area contributed by atoms with Gasteiger partial charge in [-0.15, -0.1) is 0 Å². The lowest BCUT2D eigenvalue weighted by Crippen LogP contribution is -2.45. The maximum atomic E-state index is 15.9. The lowest BCUT2D eigenvalue weighted by atomic mass is 9.96. The Labute approximate surface area is 422 Å². The molecule has 1 amide bonds. The van der Waals surface area contributed by atoms with Crippen molar-refractivity contribution in [3.05, 3.63) is 0 Å². The number of rotatable bonds is 51. The lowest BCUT2D eigenvalue weighted by Gasteiger charge is -2.34. The van der Waals surface area contributed by atoms with E-state index in [0.29, 0.717) is 50.9 Å². The molecule has 1 rings (SSSR count). The number of amides is 1.